The first-order valence-corrected chi connectivity index (χ1v) is 7.98. The van der Waals surface area contributed by atoms with E-state index in [0.717, 1.165) is 31.6 Å². The van der Waals surface area contributed by atoms with E-state index in [9.17, 15) is 0 Å². The van der Waals surface area contributed by atoms with Crippen molar-refractivity contribution in [2.45, 2.75) is 44.4 Å². The van der Waals surface area contributed by atoms with Gasteiger partial charge in [0.2, 0.25) is 0 Å². The summed E-state index contributed by atoms with van der Waals surface area (Å²) in [5.74, 6) is 1.32. The lowest BCUT2D eigenvalue weighted by Crippen LogP contribution is -2.28. The summed E-state index contributed by atoms with van der Waals surface area (Å²) >= 11 is 6.39. The van der Waals surface area contributed by atoms with Gasteiger partial charge in [0.1, 0.15) is 6.10 Å². The summed E-state index contributed by atoms with van der Waals surface area (Å²) in [5.41, 5.74) is 1.12. The zero-order valence-corrected chi connectivity index (χ0v) is 13.1. The third-order valence-corrected chi connectivity index (χ3v) is 4.15. The summed E-state index contributed by atoms with van der Waals surface area (Å²) in [5, 5.41) is 4.08. The predicted octanol–water partition coefficient (Wildman–Crippen LogP) is 3.16. The Morgan fingerprint density at radius 3 is 2.86 bits per heavy atom. The Labute approximate surface area is 130 Å². The van der Waals surface area contributed by atoms with Crippen LogP contribution >= 0.6 is 11.6 Å². The quantitative estimate of drug-likeness (QED) is 0.876. The Hall–Kier alpha value is -0.970. The van der Waals surface area contributed by atoms with Gasteiger partial charge in [0.05, 0.1) is 18.7 Å². The highest BCUT2D eigenvalue weighted by atomic mass is 35.5. The first-order valence-electron chi connectivity index (χ1n) is 7.60. The van der Waals surface area contributed by atoms with Crippen molar-refractivity contribution in [3.63, 3.8) is 0 Å². The number of ether oxygens (including phenoxy) is 3. The van der Waals surface area contributed by atoms with Gasteiger partial charge in [-0.15, -0.1) is 0 Å². The standard InChI is InChI=1S/C16H22ClNO3/c1-19-15-8-11(9-18-12-4-5-12)7-14(17)16(15)21-13-3-2-6-20-10-13/h7-8,12-13,18H,2-6,9-10H2,1H3. The van der Waals surface area contributed by atoms with Crippen LogP contribution in [-0.4, -0.2) is 32.5 Å². The van der Waals surface area contributed by atoms with Gasteiger partial charge < -0.3 is 19.5 Å². The molecule has 21 heavy (non-hydrogen) atoms. The van der Waals surface area contributed by atoms with Crippen LogP contribution in [0.1, 0.15) is 31.2 Å². The molecule has 4 nitrogen and oxygen atoms in total. The molecule has 0 bridgehead atoms. The average molecular weight is 312 g/mol. The monoisotopic (exact) mass is 311 g/mol. The van der Waals surface area contributed by atoms with Gasteiger partial charge in [0.15, 0.2) is 11.5 Å². The van der Waals surface area contributed by atoms with E-state index < -0.39 is 0 Å². The van der Waals surface area contributed by atoms with E-state index >= 15 is 0 Å². The van der Waals surface area contributed by atoms with E-state index in [1.807, 2.05) is 12.1 Å². The molecule has 1 atom stereocenters. The molecule has 1 aliphatic heterocycles. The lowest BCUT2D eigenvalue weighted by molar-refractivity contribution is 0.00648. The molecular weight excluding hydrogens is 290 g/mol. The zero-order chi connectivity index (χ0) is 14.7. The summed E-state index contributed by atoms with van der Waals surface area (Å²) < 4.78 is 16.9. The Bertz CT molecular complexity index is 485. The number of rotatable bonds is 6. The maximum Gasteiger partial charge on any atom is 0.180 e. The molecule has 2 aliphatic rings. The summed E-state index contributed by atoms with van der Waals surface area (Å²) in [4.78, 5) is 0. The molecule has 3 rings (SSSR count). The van der Waals surface area contributed by atoms with Gasteiger partial charge in [-0.1, -0.05) is 11.6 Å². The van der Waals surface area contributed by atoms with E-state index in [1.54, 1.807) is 7.11 Å². The normalized spacial score (nSPS) is 22.1. The molecule has 0 spiro atoms. The Morgan fingerprint density at radius 1 is 1.33 bits per heavy atom. The van der Waals surface area contributed by atoms with Crippen LogP contribution in [0.4, 0.5) is 0 Å². The summed E-state index contributed by atoms with van der Waals surface area (Å²) in [6.07, 6.45) is 4.61. The third kappa shape index (κ3) is 4.02. The van der Waals surface area contributed by atoms with E-state index in [-0.39, 0.29) is 6.10 Å². The van der Waals surface area contributed by atoms with Crippen molar-refractivity contribution in [3.05, 3.63) is 22.7 Å². The molecule has 1 aliphatic carbocycles. The van der Waals surface area contributed by atoms with Crippen molar-refractivity contribution in [2.75, 3.05) is 20.3 Å². The highest BCUT2D eigenvalue weighted by Gasteiger charge is 2.22. The number of benzene rings is 1. The summed E-state index contributed by atoms with van der Waals surface area (Å²) in [7, 11) is 1.65. The van der Waals surface area contributed by atoms with Crippen LogP contribution in [0, 0.1) is 0 Å². The molecule has 116 valence electrons. The molecule has 2 fully saturated rings. The fraction of sp³-hybridized carbons (Fsp3) is 0.625. The minimum absolute atomic E-state index is 0.0561. The molecular formula is C16H22ClNO3. The van der Waals surface area contributed by atoms with Crippen LogP contribution < -0.4 is 14.8 Å². The van der Waals surface area contributed by atoms with Crippen LogP contribution in [0.2, 0.25) is 5.02 Å². The van der Waals surface area contributed by atoms with Crippen molar-refractivity contribution < 1.29 is 14.2 Å². The van der Waals surface area contributed by atoms with Crippen molar-refractivity contribution in [3.8, 4) is 11.5 Å². The van der Waals surface area contributed by atoms with Crippen LogP contribution in [0.3, 0.4) is 0 Å². The van der Waals surface area contributed by atoms with Crippen molar-refractivity contribution in [2.24, 2.45) is 0 Å². The summed E-state index contributed by atoms with van der Waals surface area (Å²) in [6, 6.07) is 4.63. The van der Waals surface area contributed by atoms with Gasteiger partial charge in [-0.2, -0.15) is 0 Å². The highest BCUT2D eigenvalue weighted by molar-refractivity contribution is 6.32. The molecule has 1 saturated heterocycles. The average Bonchev–Trinajstić information content (AvgIpc) is 3.32. The molecule has 0 amide bonds. The maximum atomic E-state index is 6.39. The lowest BCUT2D eigenvalue weighted by atomic mass is 10.1. The largest absolute Gasteiger partial charge is 0.493 e. The second-order valence-electron chi connectivity index (χ2n) is 5.72. The van der Waals surface area contributed by atoms with Crippen LogP contribution in [0.25, 0.3) is 0 Å². The highest BCUT2D eigenvalue weighted by Crippen LogP contribution is 2.38. The number of nitrogens with one attached hydrogen (secondary N) is 1. The molecule has 1 heterocycles. The molecule has 0 radical (unpaired) electrons. The Morgan fingerprint density at radius 2 is 2.19 bits per heavy atom. The topological polar surface area (TPSA) is 39.7 Å². The SMILES string of the molecule is COc1cc(CNC2CC2)cc(Cl)c1OC1CCCOC1. The molecule has 1 aromatic rings. The smallest absolute Gasteiger partial charge is 0.180 e. The van der Waals surface area contributed by atoms with E-state index in [4.69, 9.17) is 25.8 Å². The van der Waals surface area contributed by atoms with Gasteiger partial charge in [0.25, 0.3) is 0 Å². The van der Waals surface area contributed by atoms with Gasteiger partial charge in [-0.05, 0) is 43.4 Å². The fourth-order valence-corrected chi connectivity index (χ4v) is 2.79. The first kappa shape index (κ1) is 14.9. The number of hydrogen-bond donors (Lipinski definition) is 1. The molecule has 1 unspecified atom stereocenters. The molecule has 1 aromatic carbocycles. The first-order chi connectivity index (χ1) is 10.3. The number of hydrogen-bond acceptors (Lipinski definition) is 4. The second kappa shape index (κ2) is 6.86. The van der Waals surface area contributed by atoms with Crippen molar-refractivity contribution in [1.82, 2.24) is 5.32 Å². The van der Waals surface area contributed by atoms with Crippen LogP contribution in [0.15, 0.2) is 12.1 Å². The van der Waals surface area contributed by atoms with E-state index in [0.29, 0.717) is 29.2 Å². The number of halogens is 1. The molecule has 1 saturated carbocycles. The van der Waals surface area contributed by atoms with E-state index in [2.05, 4.69) is 5.32 Å². The minimum Gasteiger partial charge on any atom is -0.493 e. The van der Waals surface area contributed by atoms with Gasteiger partial charge >= 0.3 is 0 Å². The van der Waals surface area contributed by atoms with Gasteiger partial charge in [-0.25, -0.2) is 0 Å². The lowest BCUT2D eigenvalue weighted by Gasteiger charge is -2.25. The predicted molar refractivity (Wildman–Crippen MR) is 82.3 cm³/mol. The maximum absolute atomic E-state index is 6.39. The Balaban J connectivity index is 1.71. The minimum atomic E-state index is 0.0561. The summed E-state index contributed by atoms with van der Waals surface area (Å²) in [6.45, 7) is 2.24. The van der Waals surface area contributed by atoms with Gasteiger partial charge in [-0.3, -0.25) is 0 Å². The van der Waals surface area contributed by atoms with Crippen LogP contribution in [-0.2, 0) is 11.3 Å². The Kier molecular flexibility index (Phi) is 4.88. The van der Waals surface area contributed by atoms with Crippen LogP contribution in [0.5, 0.6) is 11.5 Å². The third-order valence-electron chi connectivity index (χ3n) is 3.86. The fourth-order valence-electron chi connectivity index (χ4n) is 2.51. The zero-order valence-electron chi connectivity index (χ0n) is 12.4. The second-order valence-corrected chi connectivity index (χ2v) is 6.13. The molecule has 0 aromatic heterocycles. The van der Waals surface area contributed by atoms with E-state index in [1.165, 1.54) is 12.8 Å². The number of methoxy groups -OCH3 is 1. The van der Waals surface area contributed by atoms with Crippen molar-refractivity contribution in [1.29, 1.82) is 0 Å². The molecule has 1 N–H and O–H groups in total. The molecule has 5 heteroatoms. The van der Waals surface area contributed by atoms with Gasteiger partial charge in [0, 0.05) is 19.2 Å². The van der Waals surface area contributed by atoms with Crippen molar-refractivity contribution >= 4 is 11.6 Å².